The second-order valence-electron chi connectivity index (χ2n) is 2.67. The van der Waals surface area contributed by atoms with E-state index < -0.39 is 11.6 Å². The van der Waals surface area contributed by atoms with Gasteiger partial charge in [-0.3, -0.25) is 5.32 Å². The summed E-state index contributed by atoms with van der Waals surface area (Å²) in [5, 5.41) is 10.5. The SMILES string of the molecule is CSC(=Nc1c(F)cc(Cl)c(F)c1Br)NC#N. The van der Waals surface area contributed by atoms with Gasteiger partial charge in [0.05, 0.1) is 9.50 Å². The minimum atomic E-state index is -0.802. The number of hydrogen-bond acceptors (Lipinski definition) is 3. The van der Waals surface area contributed by atoms with Crippen molar-refractivity contribution >= 4 is 50.1 Å². The first kappa shape index (κ1) is 14.2. The van der Waals surface area contributed by atoms with E-state index >= 15 is 0 Å². The summed E-state index contributed by atoms with van der Waals surface area (Å²) in [5.41, 5.74) is -0.251. The monoisotopic (exact) mass is 339 g/mol. The Morgan fingerprint density at radius 2 is 2.29 bits per heavy atom. The van der Waals surface area contributed by atoms with E-state index in [9.17, 15) is 8.78 Å². The molecule has 0 bridgehead atoms. The van der Waals surface area contributed by atoms with E-state index in [-0.39, 0.29) is 20.4 Å². The molecule has 0 amide bonds. The third kappa shape index (κ3) is 3.31. The third-order valence-corrected chi connectivity index (χ3v) is 3.24. The lowest BCUT2D eigenvalue weighted by atomic mass is 10.3. The zero-order valence-corrected chi connectivity index (χ0v) is 11.6. The fraction of sp³-hybridized carbons (Fsp3) is 0.111. The number of nitrogens with zero attached hydrogens (tertiary/aromatic N) is 2. The Labute approximate surface area is 114 Å². The molecule has 8 heteroatoms. The van der Waals surface area contributed by atoms with Crippen molar-refractivity contribution in [1.82, 2.24) is 5.32 Å². The minimum Gasteiger partial charge on any atom is -0.271 e. The van der Waals surface area contributed by atoms with Gasteiger partial charge in [-0.05, 0) is 28.3 Å². The van der Waals surface area contributed by atoms with Crippen molar-refractivity contribution in [3.63, 3.8) is 0 Å². The molecular weight excluding hydrogens is 336 g/mol. The normalized spacial score (nSPS) is 11.2. The molecule has 90 valence electrons. The van der Waals surface area contributed by atoms with Gasteiger partial charge in [0.2, 0.25) is 0 Å². The summed E-state index contributed by atoms with van der Waals surface area (Å²) in [5.74, 6) is -1.58. The van der Waals surface area contributed by atoms with Gasteiger partial charge in [0, 0.05) is 0 Å². The van der Waals surface area contributed by atoms with Gasteiger partial charge in [-0.25, -0.2) is 13.8 Å². The highest BCUT2D eigenvalue weighted by atomic mass is 79.9. The molecule has 0 fully saturated rings. The van der Waals surface area contributed by atoms with E-state index in [1.807, 2.05) is 0 Å². The largest absolute Gasteiger partial charge is 0.271 e. The molecule has 1 aromatic rings. The van der Waals surface area contributed by atoms with Crippen LogP contribution >= 0.6 is 39.3 Å². The molecule has 0 spiro atoms. The fourth-order valence-electron chi connectivity index (χ4n) is 0.933. The molecule has 0 heterocycles. The van der Waals surface area contributed by atoms with Gasteiger partial charge >= 0.3 is 0 Å². The summed E-state index contributed by atoms with van der Waals surface area (Å²) >= 11 is 9.41. The molecule has 0 atom stereocenters. The summed E-state index contributed by atoms with van der Waals surface area (Å²) in [6.07, 6.45) is 3.28. The Morgan fingerprint density at radius 1 is 1.65 bits per heavy atom. The molecule has 1 rings (SSSR count). The van der Waals surface area contributed by atoms with Crippen molar-refractivity contribution < 1.29 is 8.78 Å². The van der Waals surface area contributed by atoms with Crippen LogP contribution in [0.3, 0.4) is 0 Å². The lowest BCUT2D eigenvalue weighted by molar-refractivity contribution is 0.597. The molecule has 0 aliphatic rings. The van der Waals surface area contributed by atoms with Crippen LogP contribution in [0.5, 0.6) is 0 Å². The average Bonchev–Trinajstić information content (AvgIpc) is 2.30. The van der Waals surface area contributed by atoms with Crippen LogP contribution < -0.4 is 5.32 Å². The maximum Gasteiger partial charge on any atom is 0.183 e. The van der Waals surface area contributed by atoms with Crippen LogP contribution in [-0.2, 0) is 0 Å². The van der Waals surface area contributed by atoms with Gasteiger partial charge in [0.1, 0.15) is 5.69 Å². The summed E-state index contributed by atoms with van der Waals surface area (Å²) in [6, 6.07) is 0.824. The first-order valence-electron chi connectivity index (χ1n) is 4.12. The van der Waals surface area contributed by atoms with Gasteiger partial charge in [-0.1, -0.05) is 23.4 Å². The van der Waals surface area contributed by atoms with E-state index in [0.717, 1.165) is 17.8 Å². The average molecular weight is 341 g/mol. The standard InChI is InChI=1S/C9H5BrClF2N3S/c1-17-9(15-3-14)16-8-5(12)2-4(11)7(13)6(8)10/h2H,1H3,(H,15,16). The predicted octanol–water partition coefficient (Wildman–Crippen LogP) is 3.80. The Bertz CT molecular complexity index is 516. The number of nitriles is 1. The zero-order valence-electron chi connectivity index (χ0n) is 8.39. The second-order valence-corrected chi connectivity index (χ2v) is 4.67. The van der Waals surface area contributed by atoms with E-state index in [4.69, 9.17) is 16.9 Å². The molecule has 0 saturated carbocycles. The van der Waals surface area contributed by atoms with E-state index in [1.54, 1.807) is 12.4 Å². The van der Waals surface area contributed by atoms with Crippen LogP contribution in [0.2, 0.25) is 5.02 Å². The third-order valence-electron chi connectivity index (χ3n) is 1.66. The molecule has 3 nitrogen and oxygen atoms in total. The van der Waals surface area contributed by atoms with E-state index in [0.29, 0.717) is 0 Å². The first-order chi connectivity index (χ1) is 8.01. The van der Waals surface area contributed by atoms with E-state index in [1.165, 1.54) is 0 Å². The minimum absolute atomic E-state index is 0.147. The predicted molar refractivity (Wildman–Crippen MR) is 68.4 cm³/mol. The van der Waals surface area contributed by atoms with Gasteiger partial charge in [-0.15, -0.1) is 0 Å². The summed E-state index contributed by atoms with van der Waals surface area (Å²) in [6.45, 7) is 0. The van der Waals surface area contributed by atoms with Gasteiger partial charge in [-0.2, -0.15) is 5.26 Å². The van der Waals surface area contributed by atoms with Crippen molar-refractivity contribution in [3.05, 3.63) is 27.2 Å². The number of aliphatic imine (C=N–C) groups is 1. The van der Waals surface area contributed by atoms with Crippen LogP contribution in [0, 0.1) is 23.1 Å². The highest BCUT2D eigenvalue weighted by Crippen LogP contribution is 2.35. The number of nitrogens with one attached hydrogen (secondary N) is 1. The zero-order chi connectivity index (χ0) is 13.0. The molecule has 0 aliphatic carbocycles. The summed E-state index contributed by atoms with van der Waals surface area (Å²) in [4.78, 5) is 3.79. The van der Waals surface area contributed by atoms with Crippen LogP contribution in [0.4, 0.5) is 14.5 Å². The molecule has 0 aliphatic heterocycles. The highest BCUT2D eigenvalue weighted by Gasteiger charge is 2.16. The lowest BCUT2D eigenvalue weighted by Gasteiger charge is -2.05. The molecule has 0 unspecified atom stereocenters. The van der Waals surface area contributed by atoms with Crippen LogP contribution in [0.15, 0.2) is 15.5 Å². The fourth-order valence-corrected chi connectivity index (χ4v) is 2.06. The Balaban J connectivity index is 3.33. The number of thioether (sulfide) groups is 1. The van der Waals surface area contributed by atoms with Gasteiger partial charge in [0.25, 0.3) is 0 Å². The quantitative estimate of drug-likeness (QED) is 0.211. The maximum atomic E-state index is 13.5. The molecule has 0 radical (unpaired) electrons. The number of benzene rings is 1. The van der Waals surface area contributed by atoms with Crippen molar-refractivity contribution in [2.45, 2.75) is 0 Å². The number of hydrogen-bond donors (Lipinski definition) is 1. The number of rotatable bonds is 1. The summed E-state index contributed by atoms with van der Waals surface area (Å²) < 4.78 is 26.7. The molecular formula is C9H5BrClF2N3S. The molecule has 1 aromatic carbocycles. The molecule has 0 aromatic heterocycles. The van der Waals surface area contributed by atoms with Crippen molar-refractivity contribution in [1.29, 1.82) is 5.26 Å². The molecule has 17 heavy (non-hydrogen) atoms. The van der Waals surface area contributed by atoms with E-state index in [2.05, 4.69) is 26.2 Å². The van der Waals surface area contributed by atoms with Crippen molar-refractivity contribution in [2.75, 3.05) is 6.26 Å². The van der Waals surface area contributed by atoms with Crippen LogP contribution in [0.1, 0.15) is 0 Å². The van der Waals surface area contributed by atoms with Crippen molar-refractivity contribution in [3.8, 4) is 6.19 Å². The lowest BCUT2D eigenvalue weighted by Crippen LogP contribution is -2.12. The Kier molecular flexibility index (Phi) is 5.18. The van der Waals surface area contributed by atoms with Gasteiger partial charge in [0.15, 0.2) is 23.0 Å². The topological polar surface area (TPSA) is 48.2 Å². The maximum absolute atomic E-state index is 13.5. The van der Waals surface area contributed by atoms with Gasteiger partial charge < -0.3 is 0 Å². The van der Waals surface area contributed by atoms with Crippen molar-refractivity contribution in [2.24, 2.45) is 4.99 Å². The second kappa shape index (κ2) is 6.19. The molecule has 1 N–H and O–H groups in total. The Morgan fingerprint density at radius 3 is 2.82 bits per heavy atom. The first-order valence-corrected chi connectivity index (χ1v) is 6.51. The number of amidine groups is 1. The Hall–Kier alpha value is -0.840. The smallest absolute Gasteiger partial charge is 0.183 e. The summed E-state index contributed by atoms with van der Waals surface area (Å²) in [7, 11) is 0. The number of halogens is 4. The molecule has 0 saturated heterocycles. The van der Waals surface area contributed by atoms with Crippen LogP contribution in [-0.4, -0.2) is 11.4 Å². The highest BCUT2D eigenvalue weighted by molar-refractivity contribution is 9.10. The van der Waals surface area contributed by atoms with Crippen LogP contribution in [0.25, 0.3) is 0 Å².